The quantitative estimate of drug-likeness (QED) is 0.579. The molecule has 2 aromatic rings. The summed E-state index contributed by atoms with van der Waals surface area (Å²) < 4.78 is 5.33. The Morgan fingerprint density at radius 3 is 2.31 bits per heavy atom. The van der Waals surface area contributed by atoms with Gasteiger partial charge in [0, 0.05) is 10.7 Å². The highest BCUT2D eigenvalue weighted by Gasteiger charge is 2.20. The molecule has 2 aromatic carbocycles. The van der Waals surface area contributed by atoms with Gasteiger partial charge in [-0.1, -0.05) is 29.8 Å². The number of rotatable bonds is 7. The van der Waals surface area contributed by atoms with Crippen molar-refractivity contribution in [2.45, 2.75) is 6.42 Å². The number of hydrogen-bond donors (Lipinski definition) is 3. The topological polar surface area (TPSA) is 75.1 Å². The van der Waals surface area contributed by atoms with Crippen LogP contribution in [0.1, 0.15) is 6.42 Å². The smallest absolute Gasteiger partial charge is 0.276 e. The van der Waals surface area contributed by atoms with E-state index in [-0.39, 0.29) is 12.5 Å². The molecule has 2 amide bonds. The number of benzene rings is 2. The second-order valence-electron chi connectivity index (χ2n) is 6.91. The van der Waals surface area contributed by atoms with Crippen LogP contribution in [-0.4, -0.2) is 51.1 Å². The minimum absolute atomic E-state index is 0.186. The molecule has 0 spiro atoms. The maximum atomic E-state index is 12.0. The van der Waals surface area contributed by atoms with E-state index in [1.165, 1.54) is 10.6 Å². The van der Waals surface area contributed by atoms with Crippen LogP contribution in [0, 0.1) is 0 Å². The van der Waals surface area contributed by atoms with Gasteiger partial charge in [0.25, 0.3) is 5.91 Å². The standard InChI is InChI=1S/C21H25ClN4O3/c22-17-6-8-19(9-7-17)29-16-21(28)24-23-20(27)10-11-25-12-14-26(15-13-25)18-4-2-1-3-5-18/h1-9H,10-16H2,(H,23,27)(H,24,28)/p+1. The first kappa shape index (κ1) is 21.0. The van der Waals surface area contributed by atoms with Gasteiger partial charge in [0.2, 0.25) is 5.91 Å². The highest BCUT2D eigenvalue weighted by Crippen LogP contribution is 2.15. The molecule has 29 heavy (non-hydrogen) atoms. The van der Waals surface area contributed by atoms with Gasteiger partial charge in [0.05, 0.1) is 39.1 Å². The highest BCUT2D eigenvalue weighted by atomic mass is 35.5. The van der Waals surface area contributed by atoms with E-state index in [9.17, 15) is 9.59 Å². The lowest BCUT2D eigenvalue weighted by Gasteiger charge is -2.33. The van der Waals surface area contributed by atoms with Gasteiger partial charge in [-0.2, -0.15) is 0 Å². The number of nitrogens with zero attached hydrogens (tertiary/aromatic N) is 1. The van der Waals surface area contributed by atoms with Crippen LogP contribution < -0.4 is 25.4 Å². The van der Waals surface area contributed by atoms with Crippen LogP contribution in [0.3, 0.4) is 0 Å². The van der Waals surface area contributed by atoms with E-state index in [0.717, 1.165) is 32.7 Å². The molecular weight excluding hydrogens is 392 g/mol. The fourth-order valence-electron chi connectivity index (χ4n) is 3.18. The third-order valence-electron chi connectivity index (χ3n) is 4.82. The Bertz CT molecular complexity index is 793. The first-order valence-electron chi connectivity index (χ1n) is 9.70. The molecule has 1 fully saturated rings. The number of anilines is 1. The zero-order chi connectivity index (χ0) is 20.5. The van der Waals surface area contributed by atoms with Gasteiger partial charge >= 0.3 is 0 Å². The van der Waals surface area contributed by atoms with Crippen LogP contribution in [0.4, 0.5) is 5.69 Å². The molecule has 1 aliphatic heterocycles. The Morgan fingerprint density at radius 1 is 0.966 bits per heavy atom. The van der Waals surface area contributed by atoms with Crippen LogP contribution in [0.2, 0.25) is 5.02 Å². The largest absolute Gasteiger partial charge is 0.484 e. The Morgan fingerprint density at radius 2 is 1.62 bits per heavy atom. The minimum atomic E-state index is -0.419. The van der Waals surface area contributed by atoms with Gasteiger partial charge < -0.3 is 14.5 Å². The second kappa shape index (κ2) is 10.7. The molecule has 7 nitrogen and oxygen atoms in total. The average molecular weight is 418 g/mol. The first-order chi connectivity index (χ1) is 14.1. The number of quaternary nitrogens is 1. The molecule has 1 saturated heterocycles. The third kappa shape index (κ3) is 6.96. The van der Waals surface area contributed by atoms with Crippen LogP contribution >= 0.6 is 11.6 Å². The third-order valence-corrected chi connectivity index (χ3v) is 5.07. The zero-order valence-corrected chi connectivity index (χ0v) is 17.0. The van der Waals surface area contributed by atoms with Crippen LogP contribution in [0.25, 0.3) is 0 Å². The summed E-state index contributed by atoms with van der Waals surface area (Å²) in [5.41, 5.74) is 6.06. The highest BCUT2D eigenvalue weighted by molar-refractivity contribution is 6.30. The van der Waals surface area contributed by atoms with Crippen LogP contribution in [-0.2, 0) is 9.59 Å². The van der Waals surface area contributed by atoms with Crippen molar-refractivity contribution in [2.75, 3.05) is 44.2 Å². The van der Waals surface area contributed by atoms with E-state index in [0.29, 0.717) is 17.2 Å². The van der Waals surface area contributed by atoms with Crippen molar-refractivity contribution in [3.05, 3.63) is 59.6 Å². The lowest BCUT2D eigenvalue weighted by Crippen LogP contribution is -3.15. The summed E-state index contributed by atoms with van der Waals surface area (Å²) in [6.45, 7) is 4.48. The van der Waals surface area contributed by atoms with Crippen molar-refractivity contribution in [1.29, 1.82) is 0 Å². The lowest BCUT2D eigenvalue weighted by molar-refractivity contribution is -0.900. The van der Waals surface area contributed by atoms with Crippen molar-refractivity contribution >= 4 is 29.1 Å². The van der Waals surface area contributed by atoms with Gasteiger partial charge in [-0.3, -0.25) is 20.4 Å². The molecule has 3 N–H and O–H groups in total. The number of nitrogens with one attached hydrogen (secondary N) is 3. The van der Waals surface area contributed by atoms with E-state index in [1.54, 1.807) is 24.3 Å². The Labute approximate surface area is 175 Å². The summed E-state index contributed by atoms with van der Waals surface area (Å²) in [6.07, 6.45) is 0.360. The molecule has 0 unspecified atom stereocenters. The van der Waals surface area contributed by atoms with Crippen molar-refractivity contribution < 1.29 is 19.2 Å². The number of piperazine rings is 1. The van der Waals surface area contributed by atoms with Gasteiger partial charge in [-0.05, 0) is 36.4 Å². The number of ether oxygens (including phenoxy) is 1. The SMILES string of the molecule is O=C(CC[NH+]1CCN(c2ccccc2)CC1)NNC(=O)COc1ccc(Cl)cc1. The van der Waals surface area contributed by atoms with Crippen molar-refractivity contribution in [3.63, 3.8) is 0 Å². The molecule has 0 radical (unpaired) electrons. The average Bonchev–Trinajstić information content (AvgIpc) is 2.77. The predicted octanol–water partition coefficient (Wildman–Crippen LogP) is 0.661. The molecule has 3 rings (SSSR count). The molecule has 0 saturated carbocycles. The van der Waals surface area contributed by atoms with Crippen LogP contribution in [0.5, 0.6) is 5.75 Å². The molecule has 0 aliphatic carbocycles. The van der Waals surface area contributed by atoms with Crippen molar-refractivity contribution in [2.24, 2.45) is 0 Å². The number of halogens is 1. The summed E-state index contributed by atoms with van der Waals surface area (Å²) in [5.74, 6) is -0.0888. The van der Waals surface area contributed by atoms with Gasteiger partial charge in [-0.15, -0.1) is 0 Å². The Hall–Kier alpha value is -2.77. The summed E-state index contributed by atoms with van der Waals surface area (Å²) >= 11 is 5.79. The Kier molecular flexibility index (Phi) is 7.72. The molecule has 0 aromatic heterocycles. The second-order valence-corrected chi connectivity index (χ2v) is 7.35. The summed E-state index contributed by atoms with van der Waals surface area (Å²) in [4.78, 5) is 27.5. The minimum Gasteiger partial charge on any atom is -0.484 e. The van der Waals surface area contributed by atoms with E-state index in [4.69, 9.17) is 16.3 Å². The summed E-state index contributed by atoms with van der Waals surface area (Å²) in [5, 5.41) is 0.595. The summed E-state index contributed by atoms with van der Waals surface area (Å²) in [7, 11) is 0. The number of hydrazine groups is 1. The fourth-order valence-corrected chi connectivity index (χ4v) is 3.30. The molecule has 0 atom stereocenters. The monoisotopic (exact) mass is 417 g/mol. The number of carbonyl (C=O) groups excluding carboxylic acids is 2. The van der Waals surface area contributed by atoms with Crippen LogP contribution in [0.15, 0.2) is 54.6 Å². The molecule has 1 heterocycles. The lowest BCUT2D eigenvalue weighted by atomic mass is 10.2. The number of hydrogen-bond acceptors (Lipinski definition) is 4. The van der Waals surface area contributed by atoms with Gasteiger partial charge in [0.15, 0.2) is 6.61 Å². The first-order valence-corrected chi connectivity index (χ1v) is 10.1. The Balaban J connectivity index is 1.28. The van der Waals surface area contributed by atoms with Gasteiger partial charge in [0.1, 0.15) is 5.75 Å². The molecule has 1 aliphatic rings. The molecule has 8 heteroatoms. The number of amides is 2. The van der Waals surface area contributed by atoms with E-state index in [2.05, 4.69) is 27.9 Å². The normalized spacial score (nSPS) is 14.3. The number of carbonyl (C=O) groups is 2. The van der Waals surface area contributed by atoms with E-state index >= 15 is 0 Å². The van der Waals surface area contributed by atoms with Gasteiger partial charge in [-0.25, -0.2) is 0 Å². The molecular formula is C21H26ClN4O3+. The maximum Gasteiger partial charge on any atom is 0.276 e. The molecule has 154 valence electrons. The summed E-state index contributed by atoms with van der Waals surface area (Å²) in [6, 6.07) is 17.1. The maximum absolute atomic E-state index is 12.0. The van der Waals surface area contributed by atoms with E-state index in [1.807, 2.05) is 18.2 Å². The van der Waals surface area contributed by atoms with E-state index < -0.39 is 5.91 Å². The number of para-hydroxylation sites is 1. The van der Waals surface area contributed by atoms with Crippen molar-refractivity contribution in [3.8, 4) is 5.75 Å². The molecule has 0 bridgehead atoms. The zero-order valence-electron chi connectivity index (χ0n) is 16.2. The van der Waals surface area contributed by atoms with Crippen molar-refractivity contribution in [1.82, 2.24) is 10.9 Å². The predicted molar refractivity (Wildman–Crippen MR) is 112 cm³/mol. The fraction of sp³-hybridized carbons (Fsp3) is 0.333.